The molecule has 1 saturated heterocycles. The van der Waals surface area contributed by atoms with Crippen LogP contribution in [0.15, 0.2) is 24.3 Å². The van der Waals surface area contributed by atoms with Crippen LogP contribution in [0, 0.1) is 0 Å². The number of carbonyl (C=O) groups excluding carboxylic acids is 1. The lowest BCUT2D eigenvalue weighted by atomic mass is 10.1. The summed E-state index contributed by atoms with van der Waals surface area (Å²) >= 11 is 5.72. The number of ether oxygens (including phenoxy) is 1. The van der Waals surface area contributed by atoms with Gasteiger partial charge in [0, 0.05) is 18.1 Å². The molecule has 86 valence electrons. The second-order valence-corrected chi connectivity index (χ2v) is 4.14. The fourth-order valence-electron chi connectivity index (χ4n) is 1.71. The highest BCUT2D eigenvalue weighted by atomic mass is 35.5. The Kier molecular flexibility index (Phi) is 3.80. The molecule has 1 atom stereocenters. The molecule has 0 saturated carbocycles. The van der Waals surface area contributed by atoms with Crippen LogP contribution < -0.4 is 5.32 Å². The van der Waals surface area contributed by atoms with Gasteiger partial charge in [-0.3, -0.25) is 4.79 Å². The third-order valence-electron chi connectivity index (χ3n) is 2.61. The summed E-state index contributed by atoms with van der Waals surface area (Å²) in [7, 11) is 0. The van der Waals surface area contributed by atoms with Crippen molar-refractivity contribution in [2.45, 2.75) is 18.3 Å². The first-order valence-corrected chi connectivity index (χ1v) is 5.86. The minimum atomic E-state index is -0.0533. The number of alkyl halides is 1. The number of amides is 1. The molecule has 1 aromatic rings. The van der Waals surface area contributed by atoms with Crippen molar-refractivity contribution in [3.63, 3.8) is 0 Å². The number of nitrogens with one attached hydrogen (secondary N) is 1. The Bertz CT molecular complexity index is 375. The Balaban J connectivity index is 2.01. The van der Waals surface area contributed by atoms with Crippen LogP contribution in [0.4, 0.5) is 0 Å². The highest BCUT2D eigenvalue weighted by Crippen LogP contribution is 2.09. The fourth-order valence-corrected chi connectivity index (χ4v) is 1.88. The number of rotatable bonds is 3. The highest BCUT2D eigenvalue weighted by Gasteiger charge is 2.18. The van der Waals surface area contributed by atoms with Crippen molar-refractivity contribution >= 4 is 17.5 Å². The Labute approximate surface area is 99.7 Å². The third-order valence-corrected chi connectivity index (χ3v) is 2.92. The van der Waals surface area contributed by atoms with Gasteiger partial charge < -0.3 is 10.1 Å². The fraction of sp³-hybridized carbons (Fsp3) is 0.417. The van der Waals surface area contributed by atoms with Crippen molar-refractivity contribution in [2.75, 3.05) is 13.2 Å². The topological polar surface area (TPSA) is 38.3 Å². The molecular weight excluding hydrogens is 226 g/mol. The summed E-state index contributed by atoms with van der Waals surface area (Å²) < 4.78 is 5.20. The molecule has 0 bridgehead atoms. The molecule has 1 N–H and O–H groups in total. The van der Waals surface area contributed by atoms with E-state index in [4.69, 9.17) is 16.3 Å². The molecule has 0 aromatic heterocycles. The minimum absolute atomic E-state index is 0.0533. The van der Waals surface area contributed by atoms with Crippen LogP contribution in [-0.2, 0) is 10.6 Å². The number of benzene rings is 1. The molecule has 2 rings (SSSR count). The smallest absolute Gasteiger partial charge is 0.251 e. The highest BCUT2D eigenvalue weighted by molar-refractivity contribution is 6.17. The Hall–Kier alpha value is -1.06. The van der Waals surface area contributed by atoms with Crippen molar-refractivity contribution in [3.8, 4) is 0 Å². The van der Waals surface area contributed by atoms with Gasteiger partial charge in [0.2, 0.25) is 0 Å². The summed E-state index contributed by atoms with van der Waals surface area (Å²) in [6.45, 7) is 1.34. The molecule has 3 nitrogen and oxygen atoms in total. The van der Waals surface area contributed by atoms with Crippen LogP contribution in [0.2, 0.25) is 0 Å². The van der Waals surface area contributed by atoms with Crippen LogP contribution in [0.1, 0.15) is 22.3 Å². The van der Waals surface area contributed by atoms with Crippen molar-refractivity contribution in [1.29, 1.82) is 0 Å². The minimum Gasteiger partial charge on any atom is -0.379 e. The van der Waals surface area contributed by atoms with Crippen LogP contribution >= 0.6 is 11.6 Å². The van der Waals surface area contributed by atoms with Crippen molar-refractivity contribution in [2.24, 2.45) is 0 Å². The summed E-state index contributed by atoms with van der Waals surface area (Å²) in [4.78, 5) is 11.9. The lowest BCUT2D eigenvalue weighted by molar-refractivity contribution is 0.0930. The summed E-state index contributed by atoms with van der Waals surface area (Å²) in [6.07, 6.45) is 0.890. The van der Waals surface area contributed by atoms with E-state index in [0.717, 1.165) is 18.6 Å². The predicted molar refractivity (Wildman–Crippen MR) is 62.7 cm³/mol. The maximum atomic E-state index is 11.9. The maximum absolute atomic E-state index is 11.9. The third kappa shape index (κ3) is 2.74. The summed E-state index contributed by atoms with van der Waals surface area (Å²) in [6, 6.07) is 7.51. The van der Waals surface area contributed by atoms with E-state index in [0.29, 0.717) is 18.1 Å². The van der Waals surface area contributed by atoms with Crippen LogP contribution in [-0.4, -0.2) is 25.2 Å². The molecule has 0 radical (unpaired) electrons. The second kappa shape index (κ2) is 5.32. The first kappa shape index (κ1) is 11.4. The van der Waals surface area contributed by atoms with E-state index in [1.165, 1.54) is 0 Å². The van der Waals surface area contributed by atoms with Crippen molar-refractivity contribution in [1.82, 2.24) is 5.32 Å². The quantitative estimate of drug-likeness (QED) is 0.819. The van der Waals surface area contributed by atoms with Crippen LogP contribution in [0.5, 0.6) is 0 Å². The van der Waals surface area contributed by atoms with E-state index in [1.54, 1.807) is 6.07 Å². The summed E-state index contributed by atoms with van der Waals surface area (Å²) in [5.74, 6) is 0.371. The lowest BCUT2D eigenvalue weighted by Crippen LogP contribution is -2.35. The molecule has 1 unspecified atom stereocenters. The molecule has 1 fully saturated rings. The predicted octanol–water partition coefficient (Wildman–Crippen LogP) is 1.94. The number of hydrogen-bond acceptors (Lipinski definition) is 2. The lowest BCUT2D eigenvalue weighted by Gasteiger charge is -2.10. The number of halogens is 1. The average molecular weight is 240 g/mol. The van der Waals surface area contributed by atoms with Gasteiger partial charge in [-0.25, -0.2) is 0 Å². The van der Waals surface area contributed by atoms with Gasteiger partial charge in [-0.2, -0.15) is 0 Å². The van der Waals surface area contributed by atoms with Crippen molar-refractivity contribution in [3.05, 3.63) is 35.4 Å². The van der Waals surface area contributed by atoms with Gasteiger partial charge in [0.15, 0.2) is 0 Å². The van der Waals surface area contributed by atoms with Gasteiger partial charge in [0.05, 0.1) is 12.6 Å². The maximum Gasteiger partial charge on any atom is 0.251 e. The van der Waals surface area contributed by atoms with Crippen molar-refractivity contribution < 1.29 is 9.53 Å². The first-order valence-electron chi connectivity index (χ1n) is 5.33. The molecule has 1 amide bonds. The Morgan fingerprint density at radius 2 is 2.44 bits per heavy atom. The normalized spacial score (nSPS) is 19.7. The van der Waals surface area contributed by atoms with Crippen LogP contribution in [0.3, 0.4) is 0 Å². The number of hydrogen-bond donors (Lipinski definition) is 1. The molecule has 4 heteroatoms. The molecule has 1 aliphatic rings. The van der Waals surface area contributed by atoms with Gasteiger partial charge in [0.25, 0.3) is 5.91 Å². The van der Waals surface area contributed by atoms with E-state index >= 15 is 0 Å². The number of carbonyl (C=O) groups is 1. The molecule has 1 aromatic carbocycles. The molecule has 0 spiro atoms. The van der Waals surface area contributed by atoms with E-state index < -0.39 is 0 Å². The zero-order chi connectivity index (χ0) is 11.4. The van der Waals surface area contributed by atoms with E-state index in [9.17, 15) is 4.79 Å². The van der Waals surface area contributed by atoms with Gasteiger partial charge >= 0.3 is 0 Å². The zero-order valence-electron chi connectivity index (χ0n) is 8.91. The van der Waals surface area contributed by atoms with E-state index in [2.05, 4.69) is 5.32 Å². The SMILES string of the molecule is O=C(NC1CCOC1)c1cccc(CCl)c1. The molecule has 16 heavy (non-hydrogen) atoms. The van der Waals surface area contributed by atoms with E-state index in [-0.39, 0.29) is 11.9 Å². The van der Waals surface area contributed by atoms with Gasteiger partial charge in [-0.1, -0.05) is 12.1 Å². The Morgan fingerprint density at radius 1 is 1.56 bits per heavy atom. The standard InChI is InChI=1S/C12H14ClNO2/c13-7-9-2-1-3-10(6-9)12(15)14-11-4-5-16-8-11/h1-3,6,11H,4-5,7-8H2,(H,14,15). The molecule has 1 heterocycles. The zero-order valence-corrected chi connectivity index (χ0v) is 9.67. The van der Waals surface area contributed by atoms with Gasteiger partial charge in [0.1, 0.15) is 0 Å². The largest absolute Gasteiger partial charge is 0.379 e. The first-order chi connectivity index (χ1) is 7.79. The van der Waals surface area contributed by atoms with E-state index in [1.807, 2.05) is 18.2 Å². The Morgan fingerprint density at radius 3 is 3.12 bits per heavy atom. The molecular formula is C12H14ClNO2. The second-order valence-electron chi connectivity index (χ2n) is 3.87. The molecule has 0 aliphatic carbocycles. The molecule has 1 aliphatic heterocycles. The van der Waals surface area contributed by atoms with Gasteiger partial charge in [-0.15, -0.1) is 11.6 Å². The average Bonchev–Trinajstić information content (AvgIpc) is 2.82. The van der Waals surface area contributed by atoms with Gasteiger partial charge in [-0.05, 0) is 24.1 Å². The van der Waals surface area contributed by atoms with Crippen LogP contribution in [0.25, 0.3) is 0 Å². The monoisotopic (exact) mass is 239 g/mol. The summed E-state index contributed by atoms with van der Waals surface area (Å²) in [5, 5.41) is 2.94. The summed E-state index contributed by atoms with van der Waals surface area (Å²) in [5.41, 5.74) is 1.61.